The van der Waals surface area contributed by atoms with Gasteiger partial charge in [0, 0.05) is 43.7 Å². The second-order valence-electron chi connectivity index (χ2n) is 6.88. The van der Waals surface area contributed by atoms with Gasteiger partial charge < -0.3 is 10.6 Å². The van der Waals surface area contributed by atoms with Gasteiger partial charge in [-0.2, -0.15) is 0 Å². The van der Waals surface area contributed by atoms with Gasteiger partial charge in [-0.25, -0.2) is 9.37 Å². The molecule has 0 bridgehead atoms. The maximum atomic E-state index is 13.0. The molecule has 10 heteroatoms. The Morgan fingerprint density at radius 2 is 1.71 bits per heavy atom. The highest BCUT2D eigenvalue weighted by Crippen LogP contribution is 2.34. The van der Waals surface area contributed by atoms with Crippen LogP contribution in [0.5, 0.6) is 0 Å². The lowest BCUT2D eigenvalue weighted by Gasteiger charge is -2.35. The number of piperazine rings is 1. The quantitative estimate of drug-likeness (QED) is 0.746. The number of rotatable bonds is 4. The van der Waals surface area contributed by atoms with E-state index in [-0.39, 0.29) is 48.9 Å². The van der Waals surface area contributed by atoms with Crippen LogP contribution in [0.3, 0.4) is 0 Å². The number of aromatic nitrogens is 1. The monoisotopic (exact) mass is 468 g/mol. The molecular formula is C18H24Cl3FN4OS. The highest BCUT2D eigenvalue weighted by molar-refractivity contribution is 7.13. The fraction of sp³-hybridized carbons (Fsp3) is 0.444. The predicted octanol–water partition coefficient (Wildman–Crippen LogP) is 3.35. The minimum absolute atomic E-state index is 0. The molecule has 4 rings (SSSR count). The fourth-order valence-corrected chi connectivity index (χ4v) is 3.92. The van der Waals surface area contributed by atoms with Gasteiger partial charge >= 0.3 is 0 Å². The van der Waals surface area contributed by atoms with E-state index in [1.807, 2.05) is 4.90 Å². The second-order valence-corrected chi connectivity index (χ2v) is 7.73. The maximum Gasteiger partial charge on any atom is 0.242 e. The molecule has 1 aromatic carbocycles. The number of carbonyl (C=O) groups is 1. The molecule has 1 aliphatic carbocycles. The average molecular weight is 470 g/mol. The molecule has 0 spiro atoms. The van der Waals surface area contributed by atoms with E-state index in [1.165, 1.54) is 12.1 Å². The van der Waals surface area contributed by atoms with Crippen molar-refractivity contribution in [3.63, 3.8) is 0 Å². The molecule has 1 saturated carbocycles. The number of thiazole rings is 1. The van der Waals surface area contributed by atoms with Crippen LogP contribution in [0.4, 0.5) is 4.39 Å². The Hall–Kier alpha value is -0.960. The molecule has 1 aromatic heterocycles. The molecule has 2 fully saturated rings. The average Bonchev–Trinajstić information content (AvgIpc) is 3.21. The van der Waals surface area contributed by atoms with Gasteiger partial charge in [-0.1, -0.05) is 0 Å². The van der Waals surface area contributed by atoms with Crippen LogP contribution in [0.2, 0.25) is 0 Å². The fourth-order valence-electron chi connectivity index (χ4n) is 3.11. The molecule has 156 valence electrons. The highest BCUT2D eigenvalue weighted by atomic mass is 35.5. The van der Waals surface area contributed by atoms with E-state index in [0.29, 0.717) is 0 Å². The number of amides is 1. The summed E-state index contributed by atoms with van der Waals surface area (Å²) in [5.74, 6) is -0.127. The lowest BCUT2D eigenvalue weighted by atomic mass is 10.2. The Morgan fingerprint density at radius 3 is 2.29 bits per heavy atom. The lowest BCUT2D eigenvalue weighted by Crippen LogP contribution is -2.53. The van der Waals surface area contributed by atoms with Crippen LogP contribution in [0.15, 0.2) is 29.6 Å². The van der Waals surface area contributed by atoms with E-state index >= 15 is 0 Å². The molecule has 1 aliphatic heterocycles. The molecule has 2 N–H and O–H groups in total. The van der Waals surface area contributed by atoms with Crippen molar-refractivity contribution in [2.45, 2.75) is 24.9 Å². The van der Waals surface area contributed by atoms with E-state index in [4.69, 9.17) is 5.73 Å². The van der Waals surface area contributed by atoms with Gasteiger partial charge in [0.1, 0.15) is 10.8 Å². The van der Waals surface area contributed by atoms with Crippen molar-refractivity contribution < 1.29 is 9.18 Å². The first kappa shape index (κ1) is 25.1. The van der Waals surface area contributed by atoms with Crippen LogP contribution in [-0.2, 0) is 11.3 Å². The van der Waals surface area contributed by atoms with Gasteiger partial charge in [0.05, 0.1) is 11.2 Å². The minimum atomic E-state index is -0.568. The van der Waals surface area contributed by atoms with Crippen molar-refractivity contribution in [1.29, 1.82) is 0 Å². The first-order valence-corrected chi connectivity index (χ1v) is 9.42. The molecule has 0 unspecified atom stereocenters. The van der Waals surface area contributed by atoms with Crippen molar-refractivity contribution in [1.82, 2.24) is 14.8 Å². The molecule has 0 atom stereocenters. The van der Waals surface area contributed by atoms with Crippen LogP contribution in [-0.4, -0.2) is 52.4 Å². The number of halogens is 4. The molecule has 5 nitrogen and oxygen atoms in total. The summed E-state index contributed by atoms with van der Waals surface area (Å²) >= 11 is 1.57. The topological polar surface area (TPSA) is 62.5 Å². The van der Waals surface area contributed by atoms with Crippen LogP contribution < -0.4 is 5.73 Å². The third-order valence-corrected chi connectivity index (χ3v) is 5.84. The zero-order valence-corrected chi connectivity index (χ0v) is 18.4. The first-order valence-electron chi connectivity index (χ1n) is 8.54. The zero-order valence-electron chi connectivity index (χ0n) is 15.2. The van der Waals surface area contributed by atoms with Gasteiger partial charge in [-0.15, -0.1) is 48.6 Å². The number of benzene rings is 1. The largest absolute Gasteiger partial charge is 0.339 e. The molecule has 28 heavy (non-hydrogen) atoms. The summed E-state index contributed by atoms with van der Waals surface area (Å²) < 4.78 is 13.0. The Labute approximate surface area is 186 Å². The number of hydrogen-bond donors (Lipinski definition) is 1. The molecule has 1 amide bonds. The summed E-state index contributed by atoms with van der Waals surface area (Å²) in [4.78, 5) is 21.1. The smallest absolute Gasteiger partial charge is 0.242 e. The summed E-state index contributed by atoms with van der Waals surface area (Å²) in [6.45, 7) is 3.91. The predicted molar refractivity (Wildman–Crippen MR) is 117 cm³/mol. The van der Waals surface area contributed by atoms with Crippen molar-refractivity contribution in [2.24, 2.45) is 5.73 Å². The molecule has 1 saturated heterocycles. The van der Waals surface area contributed by atoms with E-state index in [1.54, 1.807) is 23.5 Å². The van der Waals surface area contributed by atoms with Crippen molar-refractivity contribution >= 4 is 54.5 Å². The SMILES string of the molecule is Cl.Cl.Cl.NC1(C(=O)N2CCN(Cc3csc(-c4ccc(F)cc4)n3)CC2)CC1. The maximum absolute atomic E-state index is 13.0. The van der Waals surface area contributed by atoms with Crippen molar-refractivity contribution in [3.05, 3.63) is 41.2 Å². The van der Waals surface area contributed by atoms with Crippen LogP contribution in [0.1, 0.15) is 18.5 Å². The Balaban J connectivity index is 0.00000131. The molecule has 2 aromatic rings. The number of nitrogens with zero attached hydrogens (tertiary/aromatic N) is 3. The zero-order chi connectivity index (χ0) is 17.4. The van der Waals surface area contributed by atoms with Gasteiger partial charge in [0.15, 0.2) is 0 Å². The summed E-state index contributed by atoms with van der Waals surface area (Å²) in [6, 6.07) is 6.42. The highest BCUT2D eigenvalue weighted by Gasteiger charge is 2.48. The Morgan fingerprint density at radius 1 is 1.11 bits per heavy atom. The van der Waals surface area contributed by atoms with Gasteiger partial charge in [-0.05, 0) is 37.1 Å². The standard InChI is InChI=1S/C18H21FN4OS.3ClH/c19-14-3-1-13(2-4-14)16-21-15(12-25-16)11-22-7-9-23(10-8-22)17(24)18(20)5-6-18;;;/h1-4,12H,5-11,20H2;3*1H. The third-order valence-electron chi connectivity index (χ3n) is 4.90. The van der Waals surface area contributed by atoms with Crippen molar-refractivity contribution in [3.8, 4) is 10.6 Å². The van der Waals surface area contributed by atoms with Crippen LogP contribution >= 0.6 is 48.6 Å². The first-order chi connectivity index (χ1) is 12.0. The molecule has 2 aliphatic rings. The number of carbonyl (C=O) groups excluding carboxylic acids is 1. The minimum Gasteiger partial charge on any atom is -0.339 e. The third kappa shape index (κ3) is 5.55. The second kappa shape index (κ2) is 10.2. The van der Waals surface area contributed by atoms with Crippen LogP contribution in [0, 0.1) is 5.82 Å². The summed E-state index contributed by atoms with van der Waals surface area (Å²) in [6.07, 6.45) is 1.63. The van der Waals surface area contributed by atoms with E-state index in [9.17, 15) is 9.18 Å². The van der Waals surface area contributed by atoms with E-state index in [2.05, 4.69) is 15.3 Å². The summed E-state index contributed by atoms with van der Waals surface area (Å²) in [5, 5.41) is 2.96. The number of nitrogens with two attached hydrogens (primary N) is 1. The lowest BCUT2D eigenvalue weighted by molar-refractivity contribution is -0.135. The van der Waals surface area contributed by atoms with Gasteiger partial charge in [0.2, 0.25) is 5.91 Å². The van der Waals surface area contributed by atoms with E-state index < -0.39 is 5.54 Å². The number of hydrogen-bond acceptors (Lipinski definition) is 5. The molecule has 2 heterocycles. The van der Waals surface area contributed by atoms with Crippen LogP contribution in [0.25, 0.3) is 10.6 Å². The summed E-state index contributed by atoms with van der Waals surface area (Å²) in [7, 11) is 0. The van der Waals surface area contributed by atoms with Crippen molar-refractivity contribution in [2.75, 3.05) is 26.2 Å². The Kier molecular flexibility index (Phi) is 9.12. The normalized spacial score (nSPS) is 17.7. The van der Waals surface area contributed by atoms with Gasteiger partial charge in [0.25, 0.3) is 0 Å². The summed E-state index contributed by atoms with van der Waals surface area (Å²) in [5.41, 5.74) is 7.39. The Bertz CT molecular complexity index is 777. The van der Waals surface area contributed by atoms with Gasteiger partial charge in [-0.3, -0.25) is 9.69 Å². The molecule has 0 radical (unpaired) electrons. The van der Waals surface area contributed by atoms with E-state index in [0.717, 1.165) is 61.8 Å². The molecular weight excluding hydrogens is 446 g/mol.